The highest BCUT2D eigenvalue weighted by molar-refractivity contribution is 6.30. The molecule has 1 unspecified atom stereocenters. The van der Waals surface area contributed by atoms with Crippen LogP contribution in [0.3, 0.4) is 0 Å². The molecule has 1 amide bonds. The van der Waals surface area contributed by atoms with E-state index in [9.17, 15) is 18.4 Å². The van der Waals surface area contributed by atoms with Gasteiger partial charge in [-0.15, -0.1) is 0 Å². The zero-order valence-electron chi connectivity index (χ0n) is 15.5. The molecule has 2 aromatic carbocycles. The first-order chi connectivity index (χ1) is 13.8. The van der Waals surface area contributed by atoms with Crippen molar-refractivity contribution in [3.8, 4) is 0 Å². The third kappa shape index (κ3) is 11.8. The second-order valence-corrected chi connectivity index (χ2v) is 6.42. The van der Waals surface area contributed by atoms with Crippen LogP contribution in [-0.2, 0) is 20.7 Å². The highest BCUT2D eigenvalue weighted by Gasteiger charge is 2.15. The topological polar surface area (TPSA) is 95.9 Å². The van der Waals surface area contributed by atoms with Crippen LogP contribution in [0.15, 0.2) is 48.5 Å². The Morgan fingerprint density at radius 1 is 1.10 bits per heavy atom. The van der Waals surface area contributed by atoms with Crippen LogP contribution in [0.2, 0.25) is 5.02 Å². The number of halogens is 3. The van der Waals surface area contributed by atoms with Gasteiger partial charge in [-0.3, -0.25) is 14.8 Å². The van der Waals surface area contributed by atoms with E-state index < -0.39 is 29.6 Å². The maximum Gasteiger partial charge on any atom is 0.305 e. The molecule has 0 fully saturated rings. The number of rotatable bonds is 9. The van der Waals surface area contributed by atoms with Crippen LogP contribution in [0.4, 0.5) is 8.78 Å². The van der Waals surface area contributed by atoms with Crippen molar-refractivity contribution in [2.75, 3.05) is 6.61 Å². The second kappa shape index (κ2) is 13.6. The lowest BCUT2D eigenvalue weighted by molar-refractivity contribution is -0.139. The third-order valence-corrected chi connectivity index (χ3v) is 3.91. The van der Waals surface area contributed by atoms with E-state index in [1.165, 1.54) is 18.2 Å². The summed E-state index contributed by atoms with van der Waals surface area (Å²) in [5, 5.41) is 17.8. The normalized spacial score (nSPS) is 11.2. The van der Waals surface area contributed by atoms with Crippen molar-refractivity contribution >= 4 is 23.5 Å². The molecule has 0 spiro atoms. The summed E-state index contributed by atoms with van der Waals surface area (Å²) in [7, 11) is 0. The number of hydrogen-bond acceptors (Lipinski definition) is 4. The van der Waals surface area contributed by atoms with Crippen LogP contribution < -0.4 is 5.48 Å². The molecule has 1 atom stereocenters. The zero-order valence-corrected chi connectivity index (χ0v) is 16.2. The van der Waals surface area contributed by atoms with E-state index >= 15 is 0 Å². The van der Waals surface area contributed by atoms with Crippen molar-refractivity contribution in [2.24, 2.45) is 0 Å². The van der Waals surface area contributed by atoms with E-state index in [0.717, 1.165) is 11.6 Å². The largest absolute Gasteiger partial charge is 0.481 e. The molecule has 0 aromatic heterocycles. The highest BCUT2D eigenvalue weighted by Crippen LogP contribution is 2.14. The molecule has 29 heavy (non-hydrogen) atoms. The van der Waals surface area contributed by atoms with Crippen LogP contribution in [0.5, 0.6) is 0 Å². The Morgan fingerprint density at radius 3 is 2.21 bits per heavy atom. The lowest BCUT2D eigenvalue weighted by atomic mass is 10.0. The Balaban J connectivity index is 0.000000436. The molecule has 2 aromatic rings. The van der Waals surface area contributed by atoms with E-state index in [4.69, 9.17) is 26.7 Å². The summed E-state index contributed by atoms with van der Waals surface area (Å²) in [5.41, 5.74) is 2.59. The maximum atomic E-state index is 11.9. The van der Waals surface area contributed by atoms with Gasteiger partial charge >= 0.3 is 5.97 Å². The smallest absolute Gasteiger partial charge is 0.305 e. The summed E-state index contributed by atoms with van der Waals surface area (Å²) in [4.78, 5) is 21.7. The van der Waals surface area contributed by atoms with Gasteiger partial charge in [0.25, 0.3) is 0 Å². The lowest BCUT2D eigenvalue weighted by Gasteiger charge is -2.16. The summed E-state index contributed by atoms with van der Waals surface area (Å²) in [6.07, 6.45) is 0.594. The number of carboxylic acid groups (broad SMARTS) is 1. The fourth-order valence-corrected chi connectivity index (χ4v) is 2.37. The first-order valence-electron chi connectivity index (χ1n) is 8.72. The fourth-order valence-electron chi connectivity index (χ4n) is 2.25. The van der Waals surface area contributed by atoms with Gasteiger partial charge in [0, 0.05) is 11.1 Å². The summed E-state index contributed by atoms with van der Waals surface area (Å²) in [5.74, 6) is -2.60. The van der Waals surface area contributed by atoms with Crippen LogP contribution in [-0.4, -0.2) is 34.9 Å². The van der Waals surface area contributed by atoms with Crippen molar-refractivity contribution in [2.45, 2.75) is 31.8 Å². The SMILES string of the molecule is Fc1cccc(F)c1.O=C(O)CCOC(CCc1ccc(Cl)cc1)CC(=O)NO. The molecule has 0 saturated heterocycles. The van der Waals surface area contributed by atoms with Gasteiger partial charge < -0.3 is 9.84 Å². The van der Waals surface area contributed by atoms with Crippen molar-refractivity contribution in [3.05, 3.63) is 70.8 Å². The van der Waals surface area contributed by atoms with E-state index in [2.05, 4.69) is 0 Å². The van der Waals surface area contributed by atoms with Crippen molar-refractivity contribution in [1.82, 2.24) is 5.48 Å². The van der Waals surface area contributed by atoms with Gasteiger partial charge in [0.2, 0.25) is 5.91 Å². The number of carboxylic acids is 1. The number of amides is 1. The van der Waals surface area contributed by atoms with E-state index in [1.54, 1.807) is 17.6 Å². The first kappa shape index (κ1) is 24.5. The summed E-state index contributed by atoms with van der Waals surface area (Å²) < 4.78 is 29.2. The van der Waals surface area contributed by atoms with Gasteiger partial charge in [0.15, 0.2) is 0 Å². The van der Waals surface area contributed by atoms with Gasteiger partial charge in [-0.2, -0.15) is 0 Å². The number of carbonyl (C=O) groups excluding carboxylic acids is 1. The maximum absolute atomic E-state index is 11.9. The number of ether oxygens (including phenoxy) is 1. The van der Waals surface area contributed by atoms with Gasteiger partial charge in [0.05, 0.1) is 25.6 Å². The molecular weight excluding hydrogens is 408 g/mol. The number of hydroxylamine groups is 1. The van der Waals surface area contributed by atoms with E-state index in [1.807, 2.05) is 12.1 Å². The van der Waals surface area contributed by atoms with Gasteiger partial charge in [-0.25, -0.2) is 14.3 Å². The number of aryl methyl sites for hydroxylation is 1. The average molecular weight is 430 g/mol. The number of benzene rings is 2. The third-order valence-electron chi connectivity index (χ3n) is 3.66. The zero-order chi connectivity index (χ0) is 21.6. The van der Waals surface area contributed by atoms with Crippen LogP contribution in [0, 0.1) is 11.6 Å². The molecule has 9 heteroatoms. The van der Waals surface area contributed by atoms with Crippen molar-refractivity contribution < 1.29 is 33.4 Å². The Hall–Kier alpha value is -2.55. The standard InChI is InChI=1S/C14H18ClNO5.C6H4F2/c15-11-4-1-10(2-5-11)3-6-12(9-13(17)16-20)21-8-7-14(18)19;7-5-2-1-3-6(8)4-5/h1-2,4-5,12,20H,3,6-9H2,(H,16,17)(H,18,19);1-4H. The second-order valence-electron chi connectivity index (χ2n) is 5.98. The Kier molecular flexibility index (Phi) is 11.5. The Bertz CT molecular complexity index is 756. The van der Waals surface area contributed by atoms with Gasteiger partial charge in [0.1, 0.15) is 11.6 Å². The Labute approximate surface area is 172 Å². The van der Waals surface area contributed by atoms with Crippen molar-refractivity contribution in [3.63, 3.8) is 0 Å². The molecule has 0 saturated carbocycles. The lowest BCUT2D eigenvalue weighted by Crippen LogP contribution is -2.27. The van der Waals surface area contributed by atoms with Gasteiger partial charge in [-0.05, 0) is 42.7 Å². The molecule has 0 radical (unpaired) electrons. The fraction of sp³-hybridized carbons (Fsp3) is 0.300. The molecule has 2 rings (SSSR count). The molecule has 0 aliphatic rings. The number of carbonyl (C=O) groups is 2. The van der Waals surface area contributed by atoms with Gasteiger partial charge in [-0.1, -0.05) is 29.8 Å². The van der Waals surface area contributed by atoms with Crippen LogP contribution in [0.1, 0.15) is 24.8 Å². The molecule has 0 aliphatic heterocycles. The number of nitrogens with one attached hydrogen (secondary N) is 1. The van der Waals surface area contributed by atoms with Crippen LogP contribution >= 0.6 is 11.6 Å². The first-order valence-corrected chi connectivity index (χ1v) is 9.09. The minimum atomic E-state index is -0.960. The molecule has 0 aliphatic carbocycles. The van der Waals surface area contributed by atoms with Crippen molar-refractivity contribution in [1.29, 1.82) is 0 Å². The predicted octanol–water partition coefficient (Wildman–Crippen LogP) is 3.99. The predicted molar refractivity (Wildman–Crippen MR) is 103 cm³/mol. The summed E-state index contributed by atoms with van der Waals surface area (Å²) >= 11 is 5.80. The van der Waals surface area contributed by atoms with E-state index in [0.29, 0.717) is 17.9 Å². The monoisotopic (exact) mass is 429 g/mol. The molecule has 158 valence electrons. The molecule has 3 N–H and O–H groups in total. The number of aliphatic carboxylic acids is 1. The molecular formula is C20H22ClF2NO5. The average Bonchev–Trinajstić information content (AvgIpc) is 2.67. The van der Waals surface area contributed by atoms with Crippen LogP contribution in [0.25, 0.3) is 0 Å². The molecule has 0 heterocycles. The summed E-state index contributed by atoms with van der Waals surface area (Å²) in [6, 6.07) is 11.9. The quantitative estimate of drug-likeness (QED) is 0.413. The van der Waals surface area contributed by atoms with E-state index in [-0.39, 0.29) is 19.4 Å². The molecule has 0 bridgehead atoms. The minimum Gasteiger partial charge on any atom is -0.481 e. The highest BCUT2D eigenvalue weighted by atomic mass is 35.5. The minimum absolute atomic E-state index is 0.0241. The Morgan fingerprint density at radius 2 is 1.72 bits per heavy atom. The number of hydrogen-bond donors (Lipinski definition) is 3. The summed E-state index contributed by atoms with van der Waals surface area (Å²) in [6.45, 7) is 0.0271. The molecule has 6 nitrogen and oxygen atoms in total.